The smallest absolute Gasteiger partial charge is 0.233 e. The summed E-state index contributed by atoms with van der Waals surface area (Å²) in [5.74, 6) is 1.07. The first-order valence-electron chi connectivity index (χ1n) is 7.19. The monoisotopic (exact) mass is 276 g/mol. The van der Waals surface area contributed by atoms with E-state index in [4.69, 9.17) is 4.74 Å². The summed E-state index contributed by atoms with van der Waals surface area (Å²) in [4.78, 5) is 14.6. The minimum atomic E-state index is -0.311. The van der Waals surface area contributed by atoms with Gasteiger partial charge in [-0.05, 0) is 37.6 Å². The van der Waals surface area contributed by atoms with Crippen molar-refractivity contribution >= 4 is 5.91 Å². The Morgan fingerprint density at radius 1 is 1.35 bits per heavy atom. The number of carbonyl (C=O) groups is 1. The first kappa shape index (κ1) is 14.9. The number of nitrogens with one attached hydrogen (secondary N) is 1. The number of carbonyl (C=O) groups excluding carboxylic acids is 1. The van der Waals surface area contributed by atoms with Gasteiger partial charge in [-0.3, -0.25) is 4.79 Å². The van der Waals surface area contributed by atoms with Crippen LogP contribution in [0.2, 0.25) is 0 Å². The number of likely N-dealkylation sites (N-methyl/N-ethyl adjacent to an activating group) is 2. The maximum absolute atomic E-state index is 12.8. The molecule has 0 spiro atoms. The number of hydrogen-bond donors (Lipinski definition) is 1. The van der Waals surface area contributed by atoms with Gasteiger partial charge in [0.05, 0.1) is 12.5 Å². The Hall–Kier alpha value is -1.55. The summed E-state index contributed by atoms with van der Waals surface area (Å²) in [5, 5.41) is 3.09. The highest BCUT2D eigenvalue weighted by atomic mass is 16.5. The number of ether oxygens (including phenoxy) is 1. The molecule has 0 aromatic heterocycles. The second kappa shape index (κ2) is 6.27. The van der Waals surface area contributed by atoms with Crippen LogP contribution in [0.15, 0.2) is 24.3 Å². The Morgan fingerprint density at radius 3 is 2.45 bits per heavy atom. The van der Waals surface area contributed by atoms with Gasteiger partial charge >= 0.3 is 0 Å². The van der Waals surface area contributed by atoms with Crippen molar-refractivity contribution in [3.8, 4) is 5.75 Å². The van der Waals surface area contributed by atoms with E-state index >= 15 is 0 Å². The van der Waals surface area contributed by atoms with Gasteiger partial charge in [0.1, 0.15) is 5.75 Å². The van der Waals surface area contributed by atoms with Gasteiger partial charge in [0.15, 0.2) is 0 Å². The molecule has 1 N–H and O–H groups in total. The summed E-state index contributed by atoms with van der Waals surface area (Å²) >= 11 is 0. The first-order valence-corrected chi connectivity index (χ1v) is 7.19. The lowest BCUT2D eigenvalue weighted by molar-refractivity contribution is -0.139. The lowest BCUT2D eigenvalue weighted by atomic mass is 9.63. The third-order valence-electron chi connectivity index (χ3n) is 4.30. The molecule has 110 valence electrons. The van der Waals surface area contributed by atoms with Gasteiger partial charge in [-0.2, -0.15) is 0 Å². The number of nitrogens with zero attached hydrogens (tertiary/aromatic N) is 1. The minimum absolute atomic E-state index is 0.240. The Kier molecular flexibility index (Phi) is 4.65. The van der Waals surface area contributed by atoms with Crippen molar-refractivity contribution in [2.24, 2.45) is 0 Å². The van der Waals surface area contributed by atoms with Crippen LogP contribution in [0.25, 0.3) is 0 Å². The zero-order valence-electron chi connectivity index (χ0n) is 12.6. The van der Waals surface area contributed by atoms with Crippen molar-refractivity contribution in [3.05, 3.63) is 29.8 Å². The third kappa shape index (κ3) is 2.66. The van der Waals surface area contributed by atoms with E-state index in [1.807, 2.05) is 43.3 Å². The quantitative estimate of drug-likeness (QED) is 0.861. The number of hydrogen-bond acceptors (Lipinski definition) is 3. The number of benzene rings is 1. The molecule has 4 nitrogen and oxygen atoms in total. The Morgan fingerprint density at radius 2 is 2.00 bits per heavy atom. The van der Waals surface area contributed by atoms with Gasteiger partial charge in [-0.15, -0.1) is 0 Å². The van der Waals surface area contributed by atoms with Crippen LogP contribution in [0.4, 0.5) is 0 Å². The molecule has 0 heterocycles. The van der Waals surface area contributed by atoms with Crippen molar-refractivity contribution in [1.82, 2.24) is 10.2 Å². The summed E-state index contributed by atoms with van der Waals surface area (Å²) in [5.41, 5.74) is 0.806. The van der Waals surface area contributed by atoms with E-state index in [1.54, 1.807) is 7.11 Å². The second-order valence-electron chi connectivity index (χ2n) is 5.49. The molecule has 4 heteroatoms. The highest BCUT2D eigenvalue weighted by Crippen LogP contribution is 2.45. The highest BCUT2D eigenvalue weighted by molar-refractivity contribution is 5.89. The van der Waals surface area contributed by atoms with Crippen molar-refractivity contribution in [3.63, 3.8) is 0 Å². The molecule has 0 aliphatic heterocycles. The van der Waals surface area contributed by atoms with Gasteiger partial charge in [0, 0.05) is 20.1 Å². The van der Waals surface area contributed by atoms with Crippen LogP contribution in [0, 0.1) is 0 Å². The molecule has 1 aromatic carbocycles. The van der Waals surface area contributed by atoms with Gasteiger partial charge in [-0.25, -0.2) is 0 Å². The molecule has 1 aliphatic carbocycles. The van der Waals surface area contributed by atoms with E-state index in [0.29, 0.717) is 0 Å². The zero-order valence-corrected chi connectivity index (χ0v) is 12.6. The maximum atomic E-state index is 12.8. The average molecular weight is 276 g/mol. The fourth-order valence-corrected chi connectivity index (χ4v) is 2.81. The standard InChI is InChI=1S/C16H24N2O2/c1-17-11-12-18(2)15(19)16(9-4-10-16)13-5-7-14(20-3)8-6-13/h5-8,17H,4,9-12H2,1-3H3. The molecule has 1 aliphatic rings. The first-order chi connectivity index (χ1) is 9.64. The number of rotatable bonds is 6. The van der Waals surface area contributed by atoms with E-state index < -0.39 is 0 Å². The van der Waals surface area contributed by atoms with Crippen molar-refractivity contribution in [2.75, 3.05) is 34.3 Å². The summed E-state index contributed by atoms with van der Waals surface area (Å²) < 4.78 is 5.19. The molecule has 0 unspecified atom stereocenters. The predicted octanol–water partition coefficient (Wildman–Crippen LogP) is 1.79. The summed E-state index contributed by atoms with van der Waals surface area (Å²) in [6, 6.07) is 7.94. The largest absolute Gasteiger partial charge is 0.497 e. The van der Waals surface area contributed by atoms with Gasteiger partial charge in [0.2, 0.25) is 5.91 Å². The van der Waals surface area contributed by atoms with E-state index in [9.17, 15) is 4.79 Å². The van der Waals surface area contributed by atoms with E-state index in [1.165, 1.54) is 0 Å². The highest BCUT2D eigenvalue weighted by Gasteiger charge is 2.46. The molecular weight excluding hydrogens is 252 g/mol. The van der Waals surface area contributed by atoms with Gasteiger partial charge in [-0.1, -0.05) is 18.6 Å². The third-order valence-corrected chi connectivity index (χ3v) is 4.30. The van der Waals surface area contributed by atoms with Crippen LogP contribution in [-0.4, -0.2) is 45.1 Å². The topological polar surface area (TPSA) is 41.6 Å². The molecule has 20 heavy (non-hydrogen) atoms. The molecule has 0 saturated heterocycles. The van der Waals surface area contributed by atoms with Crippen molar-refractivity contribution < 1.29 is 9.53 Å². The molecule has 0 atom stereocenters. The second-order valence-corrected chi connectivity index (χ2v) is 5.49. The zero-order chi connectivity index (χ0) is 14.6. The molecule has 0 radical (unpaired) electrons. The summed E-state index contributed by atoms with van der Waals surface area (Å²) in [6.45, 7) is 1.56. The lowest BCUT2D eigenvalue weighted by Gasteiger charge is -2.43. The van der Waals surface area contributed by atoms with Crippen LogP contribution in [0.5, 0.6) is 5.75 Å². The summed E-state index contributed by atoms with van der Waals surface area (Å²) in [7, 11) is 5.45. The van der Waals surface area contributed by atoms with E-state index in [0.717, 1.165) is 43.7 Å². The fraction of sp³-hybridized carbons (Fsp3) is 0.562. The van der Waals surface area contributed by atoms with E-state index in [2.05, 4.69) is 5.32 Å². The SMILES string of the molecule is CNCCN(C)C(=O)C1(c2ccc(OC)cc2)CCC1. The molecule has 1 fully saturated rings. The van der Waals surface area contributed by atoms with Crippen molar-refractivity contribution in [1.29, 1.82) is 0 Å². The molecule has 1 amide bonds. The minimum Gasteiger partial charge on any atom is -0.497 e. The maximum Gasteiger partial charge on any atom is 0.233 e. The van der Waals surface area contributed by atoms with Gasteiger partial charge in [0.25, 0.3) is 0 Å². The van der Waals surface area contributed by atoms with E-state index in [-0.39, 0.29) is 11.3 Å². The van der Waals surface area contributed by atoms with Crippen LogP contribution in [0.1, 0.15) is 24.8 Å². The predicted molar refractivity (Wildman–Crippen MR) is 80.1 cm³/mol. The molecule has 1 saturated carbocycles. The van der Waals surface area contributed by atoms with Crippen LogP contribution >= 0.6 is 0 Å². The molecule has 1 aromatic rings. The number of methoxy groups -OCH3 is 1. The molecular formula is C16H24N2O2. The van der Waals surface area contributed by atoms with Crippen LogP contribution < -0.4 is 10.1 Å². The number of amides is 1. The normalized spacial score (nSPS) is 16.4. The lowest BCUT2D eigenvalue weighted by Crippen LogP contribution is -2.50. The molecule has 2 rings (SSSR count). The Bertz CT molecular complexity index is 452. The van der Waals surface area contributed by atoms with Gasteiger partial charge < -0.3 is 15.0 Å². The fourth-order valence-electron chi connectivity index (χ4n) is 2.81. The average Bonchev–Trinajstić information content (AvgIpc) is 2.44. The summed E-state index contributed by atoms with van der Waals surface area (Å²) in [6.07, 6.45) is 3.02. The van der Waals surface area contributed by atoms with Crippen LogP contribution in [0.3, 0.4) is 0 Å². The Labute approximate surface area is 121 Å². The Balaban J connectivity index is 2.17. The van der Waals surface area contributed by atoms with Crippen LogP contribution in [-0.2, 0) is 10.2 Å². The molecule has 0 bridgehead atoms. The van der Waals surface area contributed by atoms with Crippen molar-refractivity contribution in [2.45, 2.75) is 24.7 Å².